The lowest BCUT2D eigenvalue weighted by Crippen LogP contribution is -2.38. The molecule has 5 atom stereocenters. The molecule has 0 radical (unpaired) electrons. The highest BCUT2D eigenvalue weighted by molar-refractivity contribution is 7.66. The zero-order chi connectivity index (χ0) is 12.8. The van der Waals surface area contributed by atoms with Crippen molar-refractivity contribution in [2.45, 2.75) is 87.0 Å². The molecule has 0 amide bonds. The van der Waals surface area contributed by atoms with Crippen LogP contribution < -0.4 is 0 Å². The molecule has 3 aliphatic rings. The molecule has 0 aromatic carbocycles. The average molecular weight is 272 g/mol. The van der Waals surface area contributed by atoms with E-state index in [2.05, 4.69) is 0 Å². The molecule has 2 heterocycles. The van der Waals surface area contributed by atoms with Gasteiger partial charge in [0.2, 0.25) is 0 Å². The summed E-state index contributed by atoms with van der Waals surface area (Å²) in [6.07, 6.45) is 7.90. The molecule has 5 unspecified atom stereocenters. The maximum Gasteiger partial charge on any atom is 0.0991 e. The zero-order valence-electron chi connectivity index (χ0n) is 11.0. The van der Waals surface area contributed by atoms with Crippen LogP contribution in [0.15, 0.2) is 0 Å². The van der Waals surface area contributed by atoms with Crippen LogP contribution in [-0.2, 0) is 4.57 Å². The van der Waals surface area contributed by atoms with Gasteiger partial charge in [0.05, 0.1) is 19.3 Å². The Morgan fingerprint density at radius 3 is 2.06 bits per heavy atom. The van der Waals surface area contributed by atoms with Crippen molar-refractivity contribution in [1.29, 1.82) is 0 Å². The quantitative estimate of drug-likeness (QED) is 0.722. The number of aliphatic hydroxyl groups excluding tert-OH is 2. The van der Waals surface area contributed by atoms with Crippen LogP contribution in [-0.4, -0.2) is 39.4 Å². The molecule has 2 bridgehead atoms. The third-order valence-electron chi connectivity index (χ3n) is 5.57. The SMILES string of the molecule is O=P1(C2CC(O)CCC2O)C2CCCCC1CC2. The van der Waals surface area contributed by atoms with Crippen molar-refractivity contribution >= 4 is 7.14 Å². The van der Waals surface area contributed by atoms with E-state index in [0.29, 0.717) is 30.6 Å². The molecule has 3 fully saturated rings. The van der Waals surface area contributed by atoms with Gasteiger partial charge < -0.3 is 14.8 Å². The standard InChI is InChI=1S/C14H25O3P/c15-10-5-8-13(16)14(9-10)18(17)11-3-1-2-4-12(18)7-6-11/h10-16H,1-9H2. The van der Waals surface area contributed by atoms with Crippen LogP contribution in [0.1, 0.15) is 57.8 Å². The molecule has 2 saturated heterocycles. The van der Waals surface area contributed by atoms with Crippen molar-refractivity contribution in [3.63, 3.8) is 0 Å². The number of aliphatic hydroxyl groups is 2. The molecule has 2 aliphatic heterocycles. The molecule has 0 aromatic rings. The average Bonchev–Trinajstić information content (AvgIpc) is 2.52. The second-order valence-corrected chi connectivity index (χ2v) is 10.2. The highest BCUT2D eigenvalue weighted by atomic mass is 31.2. The minimum absolute atomic E-state index is 0.100. The van der Waals surface area contributed by atoms with Gasteiger partial charge >= 0.3 is 0 Å². The van der Waals surface area contributed by atoms with Crippen molar-refractivity contribution in [3.05, 3.63) is 0 Å². The Kier molecular flexibility index (Phi) is 3.59. The molecule has 0 spiro atoms. The largest absolute Gasteiger partial charge is 0.393 e. The van der Waals surface area contributed by atoms with Crippen LogP contribution in [0, 0.1) is 0 Å². The van der Waals surface area contributed by atoms with Gasteiger partial charge in [0.15, 0.2) is 0 Å². The molecule has 4 heteroatoms. The molecule has 3 rings (SSSR count). The first kappa shape index (κ1) is 13.1. The summed E-state index contributed by atoms with van der Waals surface area (Å²) in [4.78, 5) is 0. The fourth-order valence-electron chi connectivity index (χ4n) is 4.62. The van der Waals surface area contributed by atoms with E-state index in [1.54, 1.807) is 0 Å². The van der Waals surface area contributed by atoms with Crippen LogP contribution in [0.3, 0.4) is 0 Å². The van der Waals surface area contributed by atoms with E-state index < -0.39 is 13.2 Å². The fourth-order valence-corrected chi connectivity index (χ4v) is 9.84. The van der Waals surface area contributed by atoms with Gasteiger partial charge in [-0.3, -0.25) is 0 Å². The van der Waals surface area contributed by atoms with E-state index >= 15 is 0 Å². The zero-order valence-corrected chi connectivity index (χ0v) is 11.9. The van der Waals surface area contributed by atoms with Crippen LogP contribution >= 0.6 is 7.14 Å². The molecular formula is C14H25O3P. The van der Waals surface area contributed by atoms with E-state index in [0.717, 1.165) is 25.7 Å². The molecule has 104 valence electrons. The third-order valence-corrected chi connectivity index (χ3v) is 10.5. The number of hydrogen-bond donors (Lipinski definition) is 2. The maximum absolute atomic E-state index is 13.6. The first-order chi connectivity index (χ1) is 8.62. The minimum Gasteiger partial charge on any atom is -0.393 e. The molecule has 0 aromatic heterocycles. The topological polar surface area (TPSA) is 57.5 Å². The molecule has 18 heavy (non-hydrogen) atoms. The maximum atomic E-state index is 13.6. The van der Waals surface area contributed by atoms with Crippen molar-refractivity contribution in [3.8, 4) is 0 Å². The Bertz CT molecular complexity index is 339. The Labute approximate surface area is 109 Å². The third kappa shape index (κ3) is 1.99. The normalized spacial score (nSPS) is 53.1. The summed E-state index contributed by atoms with van der Waals surface area (Å²) in [5.74, 6) is 0. The van der Waals surface area contributed by atoms with Crippen molar-refractivity contribution in [2.24, 2.45) is 0 Å². The summed E-state index contributed by atoms with van der Waals surface area (Å²) >= 11 is 0. The summed E-state index contributed by atoms with van der Waals surface area (Å²) in [5.41, 5.74) is 0.613. The highest BCUT2D eigenvalue weighted by Gasteiger charge is 2.54. The van der Waals surface area contributed by atoms with Crippen molar-refractivity contribution in [2.75, 3.05) is 0 Å². The smallest absolute Gasteiger partial charge is 0.0991 e. The van der Waals surface area contributed by atoms with Gasteiger partial charge in [-0.25, -0.2) is 0 Å². The van der Waals surface area contributed by atoms with Gasteiger partial charge in [0.1, 0.15) is 0 Å². The minimum atomic E-state index is -2.31. The molecular weight excluding hydrogens is 247 g/mol. The molecule has 2 N–H and O–H groups in total. The van der Waals surface area contributed by atoms with Crippen molar-refractivity contribution in [1.82, 2.24) is 0 Å². The van der Waals surface area contributed by atoms with Crippen LogP contribution in [0.25, 0.3) is 0 Å². The molecule has 1 saturated carbocycles. The first-order valence-electron chi connectivity index (χ1n) is 7.57. The van der Waals surface area contributed by atoms with Gasteiger partial charge in [-0.15, -0.1) is 0 Å². The number of fused-ring (bicyclic) bond motifs is 2. The second kappa shape index (κ2) is 4.92. The molecule has 3 nitrogen and oxygen atoms in total. The Balaban J connectivity index is 1.90. The Hall–Kier alpha value is 0.150. The Morgan fingerprint density at radius 1 is 0.833 bits per heavy atom. The first-order valence-corrected chi connectivity index (χ1v) is 9.49. The van der Waals surface area contributed by atoms with E-state index in [1.165, 1.54) is 12.8 Å². The van der Waals surface area contributed by atoms with Crippen molar-refractivity contribution < 1.29 is 14.8 Å². The summed E-state index contributed by atoms with van der Waals surface area (Å²) < 4.78 is 13.6. The van der Waals surface area contributed by atoms with Crippen LogP contribution in [0.2, 0.25) is 0 Å². The highest BCUT2D eigenvalue weighted by Crippen LogP contribution is 2.71. The van der Waals surface area contributed by atoms with E-state index in [4.69, 9.17) is 0 Å². The fraction of sp³-hybridized carbons (Fsp3) is 1.00. The summed E-state index contributed by atoms with van der Waals surface area (Å²) in [5, 5.41) is 20.1. The van der Waals surface area contributed by atoms with Crippen LogP contribution in [0.4, 0.5) is 0 Å². The monoisotopic (exact) mass is 272 g/mol. The van der Waals surface area contributed by atoms with Gasteiger partial charge in [-0.1, -0.05) is 12.8 Å². The lowest BCUT2D eigenvalue weighted by atomic mass is 9.95. The predicted molar refractivity (Wildman–Crippen MR) is 72.5 cm³/mol. The number of rotatable bonds is 1. The van der Waals surface area contributed by atoms with E-state index in [9.17, 15) is 14.8 Å². The van der Waals surface area contributed by atoms with Gasteiger partial charge in [-0.2, -0.15) is 0 Å². The summed E-state index contributed by atoms with van der Waals surface area (Å²) in [7, 11) is -2.31. The van der Waals surface area contributed by atoms with Gasteiger partial charge in [0.25, 0.3) is 0 Å². The molecule has 1 aliphatic carbocycles. The predicted octanol–water partition coefficient (Wildman–Crippen LogP) is 2.73. The Morgan fingerprint density at radius 2 is 1.44 bits per heavy atom. The van der Waals surface area contributed by atoms with Gasteiger partial charge in [-0.05, 0) is 44.9 Å². The van der Waals surface area contributed by atoms with E-state index in [1.807, 2.05) is 0 Å². The van der Waals surface area contributed by atoms with E-state index in [-0.39, 0.29) is 11.8 Å². The lowest BCUT2D eigenvalue weighted by molar-refractivity contribution is 0.0560. The second-order valence-electron chi connectivity index (χ2n) is 6.53. The summed E-state index contributed by atoms with van der Waals surface area (Å²) in [6, 6.07) is 0. The lowest BCUT2D eigenvalue weighted by Gasteiger charge is -2.39. The summed E-state index contributed by atoms with van der Waals surface area (Å²) in [6.45, 7) is 0. The number of hydrogen-bond acceptors (Lipinski definition) is 3. The van der Waals surface area contributed by atoms with Gasteiger partial charge in [0, 0.05) is 17.0 Å². The van der Waals surface area contributed by atoms with Crippen LogP contribution in [0.5, 0.6) is 0 Å².